The summed E-state index contributed by atoms with van der Waals surface area (Å²) in [5.74, 6) is 0. The highest BCUT2D eigenvalue weighted by Gasteiger charge is 2.13. The van der Waals surface area contributed by atoms with Crippen LogP contribution in [0.3, 0.4) is 0 Å². The second-order valence-electron chi connectivity index (χ2n) is 2.72. The average molecular weight is 245 g/mol. The summed E-state index contributed by atoms with van der Waals surface area (Å²) in [7, 11) is 0. The molecule has 0 aliphatic rings. The molecule has 1 aromatic heterocycles. The summed E-state index contributed by atoms with van der Waals surface area (Å²) in [4.78, 5) is 0. The van der Waals surface area contributed by atoms with Crippen LogP contribution in [0.2, 0.25) is 10.0 Å². The van der Waals surface area contributed by atoms with Crippen LogP contribution in [0.4, 0.5) is 5.69 Å². The number of anilines is 1. The van der Waals surface area contributed by atoms with Crippen LogP contribution < -0.4 is 5.73 Å². The molecule has 2 aromatic rings. The van der Waals surface area contributed by atoms with Crippen molar-refractivity contribution in [3.05, 3.63) is 33.6 Å². The van der Waals surface area contributed by atoms with Crippen molar-refractivity contribution in [1.29, 1.82) is 0 Å². The third kappa shape index (κ3) is 1.59. The van der Waals surface area contributed by atoms with Gasteiger partial charge in [-0.2, -0.15) is 4.37 Å². The van der Waals surface area contributed by atoms with Gasteiger partial charge in [-0.25, -0.2) is 0 Å². The van der Waals surface area contributed by atoms with Gasteiger partial charge in [0.1, 0.15) is 5.69 Å². The first kappa shape index (κ1) is 9.77. The van der Waals surface area contributed by atoms with Crippen LogP contribution in [-0.4, -0.2) is 4.37 Å². The number of nitrogens with two attached hydrogens (primary N) is 1. The highest BCUT2D eigenvalue weighted by atomic mass is 35.5. The van der Waals surface area contributed by atoms with Crippen LogP contribution in [0.15, 0.2) is 23.6 Å². The number of rotatable bonds is 1. The standard InChI is InChI=1S/C9H6Cl2N2S/c10-5-2-1-3-6(11)8(5)9-7(12)4-14-13-9/h1-4H,12H2. The van der Waals surface area contributed by atoms with Crippen LogP contribution in [0.25, 0.3) is 11.3 Å². The summed E-state index contributed by atoms with van der Waals surface area (Å²) in [6, 6.07) is 5.32. The molecule has 0 bridgehead atoms. The Morgan fingerprint density at radius 1 is 1.21 bits per heavy atom. The number of aromatic nitrogens is 1. The van der Waals surface area contributed by atoms with Gasteiger partial charge in [0, 0.05) is 10.9 Å². The predicted molar refractivity (Wildman–Crippen MR) is 62.0 cm³/mol. The quantitative estimate of drug-likeness (QED) is 0.831. The Hall–Kier alpha value is -0.770. The Morgan fingerprint density at radius 3 is 2.36 bits per heavy atom. The van der Waals surface area contributed by atoms with Gasteiger partial charge in [0.05, 0.1) is 15.7 Å². The minimum absolute atomic E-state index is 0.565. The van der Waals surface area contributed by atoms with E-state index in [1.807, 2.05) is 0 Å². The molecule has 0 aliphatic heterocycles. The lowest BCUT2D eigenvalue weighted by atomic mass is 10.1. The van der Waals surface area contributed by atoms with Gasteiger partial charge in [-0.15, -0.1) is 0 Å². The van der Waals surface area contributed by atoms with Crippen molar-refractivity contribution < 1.29 is 0 Å². The fraction of sp³-hybridized carbons (Fsp3) is 0. The van der Waals surface area contributed by atoms with Gasteiger partial charge < -0.3 is 5.73 Å². The van der Waals surface area contributed by atoms with E-state index in [-0.39, 0.29) is 0 Å². The second kappa shape index (κ2) is 3.77. The zero-order valence-corrected chi connectivity index (χ0v) is 9.33. The molecule has 1 heterocycles. The lowest BCUT2D eigenvalue weighted by Crippen LogP contribution is -1.88. The Morgan fingerprint density at radius 2 is 1.86 bits per heavy atom. The molecular weight excluding hydrogens is 239 g/mol. The molecule has 0 aliphatic carbocycles. The van der Waals surface area contributed by atoms with E-state index in [1.54, 1.807) is 23.6 Å². The maximum Gasteiger partial charge on any atom is 0.110 e. The van der Waals surface area contributed by atoms with E-state index in [9.17, 15) is 0 Å². The molecule has 0 atom stereocenters. The van der Waals surface area contributed by atoms with Crippen molar-refractivity contribution in [3.8, 4) is 11.3 Å². The van der Waals surface area contributed by atoms with Crippen molar-refractivity contribution in [3.63, 3.8) is 0 Å². The molecule has 2 nitrogen and oxygen atoms in total. The fourth-order valence-electron chi connectivity index (χ4n) is 1.16. The highest BCUT2D eigenvalue weighted by molar-refractivity contribution is 7.04. The Bertz CT molecular complexity index is 447. The molecule has 0 saturated carbocycles. The summed E-state index contributed by atoms with van der Waals surface area (Å²) >= 11 is 13.3. The average Bonchev–Trinajstić information content (AvgIpc) is 2.52. The molecule has 0 amide bonds. The first-order valence-corrected chi connectivity index (χ1v) is 5.43. The molecule has 0 fully saturated rings. The molecule has 72 valence electrons. The Labute approximate surface area is 95.4 Å². The third-order valence-electron chi connectivity index (χ3n) is 1.80. The van der Waals surface area contributed by atoms with Gasteiger partial charge in [-0.05, 0) is 23.7 Å². The summed E-state index contributed by atoms with van der Waals surface area (Å²) in [5.41, 5.74) is 7.70. The van der Waals surface area contributed by atoms with E-state index in [1.165, 1.54) is 11.5 Å². The molecule has 14 heavy (non-hydrogen) atoms. The predicted octanol–water partition coefficient (Wildman–Crippen LogP) is 3.70. The van der Waals surface area contributed by atoms with Gasteiger partial charge >= 0.3 is 0 Å². The molecule has 0 radical (unpaired) electrons. The van der Waals surface area contributed by atoms with Crippen molar-refractivity contribution in [1.82, 2.24) is 4.37 Å². The van der Waals surface area contributed by atoms with E-state index < -0.39 is 0 Å². The maximum absolute atomic E-state index is 6.02. The molecule has 0 saturated heterocycles. The number of nitrogen functional groups attached to an aromatic ring is 1. The number of nitrogens with zero attached hydrogens (tertiary/aromatic N) is 1. The Balaban J connectivity index is 2.68. The monoisotopic (exact) mass is 244 g/mol. The molecular formula is C9H6Cl2N2S. The summed E-state index contributed by atoms with van der Waals surface area (Å²) in [6.07, 6.45) is 0. The van der Waals surface area contributed by atoms with Crippen LogP contribution in [-0.2, 0) is 0 Å². The summed E-state index contributed by atoms with van der Waals surface area (Å²) in [6.45, 7) is 0. The van der Waals surface area contributed by atoms with Gasteiger partial charge in [-0.1, -0.05) is 29.3 Å². The van der Waals surface area contributed by atoms with Crippen LogP contribution in [0.5, 0.6) is 0 Å². The molecule has 5 heteroatoms. The first-order valence-electron chi connectivity index (χ1n) is 3.84. The van der Waals surface area contributed by atoms with Crippen LogP contribution >= 0.6 is 34.7 Å². The fourth-order valence-corrected chi connectivity index (χ4v) is 2.31. The highest BCUT2D eigenvalue weighted by Crippen LogP contribution is 2.37. The number of halogens is 2. The van der Waals surface area contributed by atoms with Gasteiger partial charge in [0.2, 0.25) is 0 Å². The SMILES string of the molecule is Nc1csnc1-c1c(Cl)cccc1Cl. The van der Waals surface area contributed by atoms with E-state index in [0.717, 1.165) is 0 Å². The van der Waals surface area contributed by atoms with Gasteiger partial charge in [0.15, 0.2) is 0 Å². The minimum Gasteiger partial charge on any atom is -0.396 e. The maximum atomic E-state index is 6.02. The van der Waals surface area contributed by atoms with Crippen molar-refractivity contribution in [2.24, 2.45) is 0 Å². The van der Waals surface area contributed by atoms with E-state index >= 15 is 0 Å². The topological polar surface area (TPSA) is 38.9 Å². The Kier molecular flexibility index (Phi) is 2.63. The normalized spacial score (nSPS) is 10.4. The zero-order valence-electron chi connectivity index (χ0n) is 7.00. The van der Waals surface area contributed by atoms with Crippen LogP contribution in [0, 0.1) is 0 Å². The summed E-state index contributed by atoms with van der Waals surface area (Å²) in [5, 5.41) is 2.89. The lowest BCUT2D eigenvalue weighted by Gasteiger charge is -2.03. The van der Waals surface area contributed by atoms with Crippen LogP contribution in [0.1, 0.15) is 0 Å². The molecule has 0 unspecified atom stereocenters. The van der Waals surface area contributed by atoms with E-state index in [4.69, 9.17) is 28.9 Å². The molecule has 2 rings (SSSR count). The lowest BCUT2D eigenvalue weighted by molar-refractivity contribution is 1.52. The number of benzene rings is 1. The largest absolute Gasteiger partial charge is 0.396 e. The van der Waals surface area contributed by atoms with Crippen molar-refractivity contribution in [2.75, 3.05) is 5.73 Å². The van der Waals surface area contributed by atoms with Crippen molar-refractivity contribution in [2.45, 2.75) is 0 Å². The third-order valence-corrected chi connectivity index (χ3v) is 3.07. The summed E-state index contributed by atoms with van der Waals surface area (Å²) < 4.78 is 4.16. The number of hydrogen-bond donors (Lipinski definition) is 1. The molecule has 0 spiro atoms. The molecule has 2 N–H and O–H groups in total. The number of hydrogen-bond acceptors (Lipinski definition) is 3. The van der Waals surface area contributed by atoms with Gasteiger partial charge in [0.25, 0.3) is 0 Å². The molecule has 1 aromatic carbocycles. The van der Waals surface area contributed by atoms with Crippen molar-refractivity contribution >= 4 is 40.4 Å². The smallest absolute Gasteiger partial charge is 0.110 e. The first-order chi connectivity index (χ1) is 6.70. The van der Waals surface area contributed by atoms with E-state index in [0.29, 0.717) is 27.0 Å². The van der Waals surface area contributed by atoms with Gasteiger partial charge in [-0.3, -0.25) is 0 Å². The minimum atomic E-state index is 0.565. The second-order valence-corrected chi connectivity index (χ2v) is 4.16. The zero-order chi connectivity index (χ0) is 10.1. The van der Waals surface area contributed by atoms with E-state index in [2.05, 4.69) is 4.37 Å².